The second-order valence-electron chi connectivity index (χ2n) is 12.3. The lowest BCUT2D eigenvalue weighted by Gasteiger charge is -2.41. The number of rotatable bonds is 11. The first-order valence-electron chi connectivity index (χ1n) is 14.7. The molecule has 0 bridgehead atoms. The normalized spacial score (nSPS) is 15.6. The van der Waals surface area contributed by atoms with E-state index in [4.69, 9.17) is 14.2 Å². The van der Waals surface area contributed by atoms with Crippen LogP contribution in [0.2, 0.25) is 0 Å². The first-order valence-corrected chi connectivity index (χ1v) is 14.7. The van der Waals surface area contributed by atoms with Crippen LogP contribution in [0.15, 0.2) is 60.7 Å². The van der Waals surface area contributed by atoms with Gasteiger partial charge < -0.3 is 29.7 Å². The van der Waals surface area contributed by atoms with Gasteiger partial charge in [-0.3, -0.25) is 14.4 Å². The molecule has 0 spiro atoms. The number of ether oxygens (including phenoxy) is 3. The van der Waals surface area contributed by atoms with Crippen molar-refractivity contribution in [3.63, 3.8) is 0 Å². The van der Waals surface area contributed by atoms with E-state index in [1.54, 1.807) is 32.6 Å². The molecule has 1 aliphatic heterocycles. The van der Waals surface area contributed by atoms with Crippen molar-refractivity contribution in [1.82, 2.24) is 15.5 Å². The van der Waals surface area contributed by atoms with E-state index in [0.717, 1.165) is 11.1 Å². The summed E-state index contributed by atoms with van der Waals surface area (Å²) in [6.07, 6.45) is 0.000527. The Hall–Kier alpha value is -3.92. The number of esters is 1. The monoisotopic (exact) mass is 595 g/mol. The van der Waals surface area contributed by atoms with Crippen molar-refractivity contribution in [3.05, 3.63) is 71.8 Å². The molecule has 1 heterocycles. The third kappa shape index (κ3) is 9.28. The number of nitrogens with zero attached hydrogens (tertiary/aromatic N) is 1. The van der Waals surface area contributed by atoms with Crippen LogP contribution >= 0.6 is 0 Å². The van der Waals surface area contributed by atoms with Gasteiger partial charge in [0.25, 0.3) is 0 Å². The van der Waals surface area contributed by atoms with E-state index in [2.05, 4.69) is 10.6 Å². The molecule has 0 aromatic heterocycles. The number of alkyl carbamates (subject to hydrolysis) is 1. The van der Waals surface area contributed by atoms with Gasteiger partial charge in [-0.05, 0) is 65.5 Å². The maximum Gasteiger partial charge on any atom is 0.408 e. The molecule has 2 N–H and O–H groups in total. The molecule has 10 nitrogen and oxygen atoms in total. The van der Waals surface area contributed by atoms with Crippen molar-refractivity contribution in [3.8, 4) is 0 Å². The molecule has 1 aliphatic rings. The van der Waals surface area contributed by atoms with Crippen molar-refractivity contribution in [2.45, 2.75) is 83.6 Å². The summed E-state index contributed by atoms with van der Waals surface area (Å²) in [4.78, 5) is 54.5. The quantitative estimate of drug-likeness (QED) is 0.375. The van der Waals surface area contributed by atoms with Crippen LogP contribution in [0.5, 0.6) is 0 Å². The maximum atomic E-state index is 13.9. The highest BCUT2D eigenvalue weighted by molar-refractivity contribution is 5.94. The number of nitrogens with one attached hydrogen (secondary N) is 2. The van der Waals surface area contributed by atoms with Crippen LogP contribution < -0.4 is 10.6 Å². The molecule has 3 rings (SSSR count). The number of benzene rings is 2. The summed E-state index contributed by atoms with van der Waals surface area (Å²) in [6, 6.07) is 18.0. The lowest BCUT2D eigenvalue weighted by Crippen LogP contribution is -2.61. The lowest BCUT2D eigenvalue weighted by molar-refractivity contribution is -0.154. The summed E-state index contributed by atoms with van der Waals surface area (Å²) in [6.45, 7) is 11.0. The SMILES string of the molecule is CCOC(=O)C1(c2ccccc2)CCN(C(=O)C(COCc2ccccc2)NC(=O)C(C)(C)NC(=O)OC(C)(C)C)CC1. The Labute approximate surface area is 254 Å². The maximum absolute atomic E-state index is 13.9. The molecular formula is C33H45N3O7. The van der Waals surface area contributed by atoms with Crippen LogP contribution in [0.4, 0.5) is 4.79 Å². The number of hydrogen-bond donors (Lipinski definition) is 2. The van der Waals surface area contributed by atoms with E-state index in [0.29, 0.717) is 12.8 Å². The standard InChI is InChI=1S/C33H45N3O7/c1-7-42-29(39)33(25-16-12-9-13-17-25)18-20-36(21-19-33)27(37)26(23-41-22-24-14-10-8-11-15-24)34-28(38)32(5,6)35-30(40)43-31(2,3)4/h8-17,26H,7,18-23H2,1-6H3,(H,34,38)(H,35,40). The topological polar surface area (TPSA) is 123 Å². The highest BCUT2D eigenvalue weighted by Crippen LogP contribution is 2.37. The number of likely N-dealkylation sites (tertiary alicyclic amines) is 1. The Kier molecular flexibility index (Phi) is 11.3. The van der Waals surface area contributed by atoms with Gasteiger partial charge in [-0.2, -0.15) is 0 Å². The fraction of sp³-hybridized carbons (Fsp3) is 0.515. The van der Waals surface area contributed by atoms with Crippen LogP contribution in [-0.4, -0.2) is 72.3 Å². The minimum absolute atomic E-state index is 0.0831. The number of piperidine rings is 1. The van der Waals surface area contributed by atoms with Crippen molar-refractivity contribution in [2.75, 3.05) is 26.3 Å². The summed E-state index contributed by atoms with van der Waals surface area (Å²) >= 11 is 0. The molecule has 3 amide bonds. The molecule has 1 saturated heterocycles. The van der Waals surface area contributed by atoms with Gasteiger partial charge in [0.15, 0.2) is 0 Å². The summed E-state index contributed by atoms with van der Waals surface area (Å²) in [5, 5.41) is 5.37. The van der Waals surface area contributed by atoms with Crippen LogP contribution in [-0.2, 0) is 40.6 Å². The molecule has 0 aliphatic carbocycles. The van der Waals surface area contributed by atoms with Gasteiger partial charge in [-0.15, -0.1) is 0 Å². The average Bonchev–Trinajstić information content (AvgIpc) is 2.96. The molecule has 2 aromatic rings. The molecule has 0 saturated carbocycles. The van der Waals surface area contributed by atoms with Gasteiger partial charge in [0.1, 0.15) is 17.2 Å². The number of amides is 3. The predicted octanol–water partition coefficient (Wildman–Crippen LogP) is 4.11. The molecule has 0 radical (unpaired) electrons. The van der Waals surface area contributed by atoms with E-state index in [9.17, 15) is 19.2 Å². The van der Waals surface area contributed by atoms with Crippen LogP contribution in [0.3, 0.4) is 0 Å². The second kappa shape index (κ2) is 14.5. The third-order valence-electron chi connectivity index (χ3n) is 7.30. The minimum Gasteiger partial charge on any atom is -0.465 e. The highest BCUT2D eigenvalue weighted by Gasteiger charge is 2.46. The van der Waals surface area contributed by atoms with Gasteiger partial charge >= 0.3 is 12.1 Å². The van der Waals surface area contributed by atoms with Crippen LogP contribution in [0.25, 0.3) is 0 Å². The summed E-state index contributed by atoms with van der Waals surface area (Å²) in [5.41, 5.74) is -1.21. The van der Waals surface area contributed by atoms with Crippen molar-refractivity contribution < 1.29 is 33.4 Å². The van der Waals surface area contributed by atoms with Gasteiger partial charge in [-0.25, -0.2) is 4.79 Å². The molecule has 2 aromatic carbocycles. The Morgan fingerprint density at radius 2 is 1.49 bits per heavy atom. The van der Waals surface area contributed by atoms with Crippen molar-refractivity contribution >= 4 is 23.9 Å². The zero-order valence-corrected chi connectivity index (χ0v) is 26.1. The number of hydrogen-bond acceptors (Lipinski definition) is 7. The largest absolute Gasteiger partial charge is 0.465 e. The summed E-state index contributed by atoms with van der Waals surface area (Å²) in [5.74, 6) is -1.21. The van der Waals surface area contributed by atoms with Gasteiger partial charge in [-0.1, -0.05) is 60.7 Å². The Morgan fingerprint density at radius 1 is 0.907 bits per heavy atom. The van der Waals surface area contributed by atoms with Crippen LogP contribution in [0.1, 0.15) is 65.5 Å². The molecule has 234 valence electrons. The van der Waals surface area contributed by atoms with E-state index >= 15 is 0 Å². The summed E-state index contributed by atoms with van der Waals surface area (Å²) in [7, 11) is 0. The lowest BCUT2D eigenvalue weighted by atomic mass is 9.72. The Morgan fingerprint density at radius 3 is 2.05 bits per heavy atom. The molecule has 10 heteroatoms. The smallest absolute Gasteiger partial charge is 0.408 e. The van der Waals surface area contributed by atoms with Gasteiger partial charge in [0.05, 0.1) is 25.2 Å². The third-order valence-corrected chi connectivity index (χ3v) is 7.30. The molecule has 1 unspecified atom stereocenters. The van der Waals surface area contributed by atoms with Gasteiger partial charge in [0, 0.05) is 13.1 Å². The molecule has 1 atom stereocenters. The van der Waals surface area contributed by atoms with Gasteiger partial charge in [0.2, 0.25) is 11.8 Å². The highest BCUT2D eigenvalue weighted by atomic mass is 16.6. The van der Waals surface area contributed by atoms with E-state index in [1.165, 1.54) is 13.8 Å². The average molecular weight is 596 g/mol. The molecule has 1 fully saturated rings. The fourth-order valence-corrected chi connectivity index (χ4v) is 4.96. The van der Waals surface area contributed by atoms with Crippen LogP contribution in [0, 0.1) is 0 Å². The summed E-state index contributed by atoms with van der Waals surface area (Å²) < 4.78 is 16.7. The predicted molar refractivity (Wildman–Crippen MR) is 162 cm³/mol. The number of carbonyl (C=O) groups is 4. The van der Waals surface area contributed by atoms with E-state index < -0.39 is 34.6 Å². The molecule has 43 heavy (non-hydrogen) atoms. The first kappa shape index (κ1) is 33.6. The number of carbonyl (C=O) groups excluding carboxylic acids is 4. The Balaban J connectivity index is 1.75. The van der Waals surface area contributed by atoms with Crippen molar-refractivity contribution in [2.24, 2.45) is 0 Å². The van der Waals surface area contributed by atoms with E-state index in [-0.39, 0.29) is 44.8 Å². The molecular weight excluding hydrogens is 550 g/mol. The fourth-order valence-electron chi connectivity index (χ4n) is 4.96. The first-order chi connectivity index (χ1) is 20.3. The van der Waals surface area contributed by atoms with E-state index in [1.807, 2.05) is 60.7 Å². The zero-order chi connectivity index (χ0) is 31.7. The second-order valence-corrected chi connectivity index (χ2v) is 12.3. The van der Waals surface area contributed by atoms with Crippen molar-refractivity contribution in [1.29, 1.82) is 0 Å². The minimum atomic E-state index is -1.38. The Bertz CT molecular complexity index is 1230. The zero-order valence-electron chi connectivity index (χ0n) is 26.1.